The average Bonchev–Trinajstić information content (AvgIpc) is 2.50. The summed E-state index contributed by atoms with van der Waals surface area (Å²) >= 11 is 0. The van der Waals surface area contributed by atoms with Crippen LogP contribution in [-0.2, 0) is 17.6 Å². The van der Waals surface area contributed by atoms with E-state index < -0.39 is 0 Å². The van der Waals surface area contributed by atoms with E-state index in [0.717, 1.165) is 30.0 Å². The SMILES string of the molecule is CC1Cc2ccc3c(c2O1)NCCC(=O)C3. The third kappa shape index (κ3) is 1.47. The van der Waals surface area contributed by atoms with Crippen molar-refractivity contribution in [1.82, 2.24) is 0 Å². The van der Waals surface area contributed by atoms with Gasteiger partial charge in [0.15, 0.2) is 0 Å². The Bertz CT molecular complexity index is 453. The number of carbonyl (C=O) groups is 1. The van der Waals surface area contributed by atoms with Gasteiger partial charge in [-0.1, -0.05) is 12.1 Å². The molecule has 0 radical (unpaired) electrons. The topological polar surface area (TPSA) is 38.3 Å². The molecule has 0 bridgehead atoms. The molecule has 0 fully saturated rings. The summed E-state index contributed by atoms with van der Waals surface area (Å²) in [4.78, 5) is 11.5. The quantitative estimate of drug-likeness (QED) is 0.721. The minimum absolute atomic E-state index is 0.252. The van der Waals surface area contributed by atoms with Crippen LogP contribution in [0.5, 0.6) is 5.75 Å². The lowest BCUT2D eigenvalue weighted by atomic mass is 10.0. The first-order valence-corrected chi connectivity index (χ1v) is 5.81. The highest BCUT2D eigenvalue weighted by atomic mass is 16.5. The minimum Gasteiger partial charge on any atom is -0.488 e. The van der Waals surface area contributed by atoms with Gasteiger partial charge in [0, 0.05) is 25.8 Å². The lowest BCUT2D eigenvalue weighted by Crippen LogP contribution is -2.07. The number of Topliss-reactive ketones (excluding diaryl/α,β-unsaturated/α-hetero) is 1. The lowest BCUT2D eigenvalue weighted by Gasteiger charge is -2.12. The maximum Gasteiger partial charge on any atom is 0.146 e. The molecule has 0 amide bonds. The zero-order valence-electron chi connectivity index (χ0n) is 9.38. The maximum absolute atomic E-state index is 11.5. The third-order valence-corrected chi connectivity index (χ3v) is 3.25. The predicted molar refractivity (Wildman–Crippen MR) is 62.1 cm³/mol. The summed E-state index contributed by atoms with van der Waals surface area (Å²) in [5, 5.41) is 3.33. The van der Waals surface area contributed by atoms with Crippen molar-refractivity contribution in [3.63, 3.8) is 0 Å². The van der Waals surface area contributed by atoms with E-state index in [1.54, 1.807) is 0 Å². The normalized spacial score (nSPS) is 22.8. The van der Waals surface area contributed by atoms with Crippen LogP contribution in [0.15, 0.2) is 12.1 Å². The van der Waals surface area contributed by atoms with Gasteiger partial charge in [-0.15, -0.1) is 0 Å². The van der Waals surface area contributed by atoms with Crippen LogP contribution in [0.3, 0.4) is 0 Å². The van der Waals surface area contributed by atoms with Gasteiger partial charge in [0.05, 0.1) is 5.69 Å². The van der Waals surface area contributed by atoms with Gasteiger partial charge in [-0.2, -0.15) is 0 Å². The molecule has 1 aromatic carbocycles. The fourth-order valence-electron chi connectivity index (χ4n) is 2.48. The average molecular weight is 217 g/mol. The number of hydrogen-bond donors (Lipinski definition) is 1. The van der Waals surface area contributed by atoms with Gasteiger partial charge in [0.1, 0.15) is 17.6 Å². The summed E-state index contributed by atoms with van der Waals surface area (Å²) in [6.45, 7) is 2.80. The molecule has 0 aromatic heterocycles. The largest absolute Gasteiger partial charge is 0.488 e. The van der Waals surface area contributed by atoms with Crippen molar-refractivity contribution < 1.29 is 9.53 Å². The predicted octanol–water partition coefficient (Wildman–Crippen LogP) is 1.94. The van der Waals surface area contributed by atoms with Crippen LogP contribution in [0.1, 0.15) is 24.5 Å². The van der Waals surface area contributed by atoms with Crippen molar-refractivity contribution >= 4 is 11.5 Å². The number of hydrogen-bond acceptors (Lipinski definition) is 3. The fraction of sp³-hybridized carbons (Fsp3) is 0.462. The maximum atomic E-state index is 11.5. The van der Waals surface area contributed by atoms with Crippen LogP contribution in [0.25, 0.3) is 0 Å². The van der Waals surface area contributed by atoms with Crippen LogP contribution in [0.2, 0.25) is 0 Å². The Hall–Kier alpha value is -1.51. The molecule has 0 spiro atoms. The number of nitrogens with one attached hydrogen (secondary N) is 1. The molecule has 1 unspecified atom stereocenters. The number of benzene rings is 1. The van der Waals surface area contributed by atoms with Crippen molar-refractivity contribution in [3.8, 4) is 5.75 Å². The molecule has 1 aromatic rings. The van der Waals surface area contributed by atoms with Crippen LogP contribution in [0, 0.1) is 0 Å². The molecule has 0 saturated carbocycles. The Balaban J connectivity index is 2.08. The van der Waals surface area contributed by atoms with Crippen LogP contribution in [-0.4, -0.2) is 18.4 Å². The van der Waals surface area contributed by atoms with E-state index in [1.807, 2.05) is 0 Å². The van der Waals surface area contributed by atoms with Gasteiger partial charge >= 0.3 is 0 Å². The first kappa shape index (κ1) is 9.70. The smallest absolute Gasteiger partial charge is 0.146 e. The summed E-state index contributed by atoms with van der Waals surface area (Å²) < 4.78 is 5.82. The zero-order valence-corrected chi connectivity index (χ0v) is 9.38. The summed E-state index contributed by atoms with van der Waals surface area (Å²) in [6, 6.07) is 4.16. The molecule has 1 N–H and O–H groups in total. The molecule has 2 heterocycles. The standard InChI is InChI=1S/C13H15NO2/c1-8-6-10-3-2-9-7-11(15)4-5-14-12(9)13(10)16-8/h2-3,8,14H,4-7H2,1H3. The Morgan fingerprint density at radius 1 is 1.38 bits per heavy atom. The van der Waals surface area contributed by atoms with Gasteiger partial charge in [-0.25, -0.2) is 0 Å². The van der Waals surface area contributed by atoms with Crippen molar-refractivity contribution in [2.75, 3.05) is 11.9 Å². The van der Waals surface area contributed by atoms with Gasteiger partial charge in [-0.3, -0.25) is 4.79 Å². The van der Waals surface area contributed by atoms with Gasteiger partial charge in [0.25, 0.3) is 0 Å². The van der Waals surface area contributed by atoms with Crippen LogP contribution < -0.4 is 10.1 Å². The Morgan fingerprint density at radius 3 is 3.06 bits per heavy atom. The summed E-state index contributed by atoms with van der Waals surface area (Å²) in [5.41, 5.74) is 3.39. The molecule has 3 heteroatoms. The van der Waals surface area contributed by atoms with E-state index >= 15 is 0 Å². The Morgan fingerprint density at radius 2 is 2.19 bits per heavy atom. The highest BCUT2D eigenvalue weighted by Gasteiger charge is 2.25. The molecular formula is C13H15NO2. The van der Waals surface area contributed by atoms with Crippen molar-refractivity contribution in [2.45, 2.75) is 32.3 Å². The van der Waals surface area contributed by atoms with Gasteiger partial charge in [0.2, 0.25) is 0 Å². The highest BCUT2D eigenvalue weighted by molar-refractivity contribution is 5.86. The molecular weight excluding hydrogens is 202 g/mol. The lowest BCUT2D eigenvalue weighted by molar-refractivity contribution is -0.118. The molecule has 16 heavy (non-hydrogen) atoms. The molecule has 1 atom stereocenters. The van der Waals surface area contributed by atoms with Crippen LogP contribution in [0.4, 0.5) is 5.69 Å². The fourth-order valence-corrected chi connectivity index (χ4v) is 2.48. The number of carbonyl (C=O) groups excluding carboxylic acids is 1. The van der Waals surface area contributed by atoms with Crippen molar-refractivity contribution in [3.05, 3.63) is 23.3 Å². The number of rotatable bonds is 0. The second-order valence-corrected chi connectivity index (χ2v) is 4.61. The number of ketones is 1. The van der Waals surface area contributed by atoms with Gasteiger partial charge < -0.3 is 10.1 Å². The molecule has 0 saturated heterocycles. The third-order valence-electron chi connectivity index (χ3n) is 3.25. The summed E-state index contributed by atoms with van der Waals surface area (Å²) in [6.07, 6.45) is 2.37. The summed E-state index contributed by atoms with van der Waals surface area (Å²) in [7, 11) is 0. The zero-order chi connectivity index (χ0) is 11.1. The van der Waals surface area contributed by atoms with E-state index in [1.165, 1.54) is 5.56 Å². The monoisotopic (exact) mass is 217 g/mol. The second-order valence-electron chi connectivity index (χ2n) is 4.61. The van der Waals surface area contributed by atoms with E-state index in [9.17, 15) is 4.79 Å². The minimum atomic E-state index is 0.252. The number of ether oxygens (including phenoxy) is 1. The van der Waals surface area contributed by atoms with Crippen LogP contribution >= 0.6 is 0 Å². The molecule has 0 aliphatic carbocycles. The Kier molecular flexibility index (Phi) is 2.13. The first-order valence-electron chi connectivity index (χ1n) is 5.81. The second kappa shape index (κ2) is 3.51. The highest BCUT2D eigenvalue weighted by Crippen LogP contribution is 2.39. The summed E-state index contributed by atoms with van der Waals surface area (Å²) in [5.74, 6) is 1.27. The van der Waals surface area contributed by atoms with Crippen molar-refractivity contribution in [1.29, 1.82) is 0 Å². The molecule has 3 nitrogen and oxygen atoms in total. The molecule has 84 valence electrons. The van der Waals surface area contributed by atoms with E-state index in [-0.39, 0.29) is 6.10 Å². The molecule has 2 aliphatic rings. The molecule has 2 aliphatic heterocycles. The van der Waals surface area contributed by atoms with Gasteiger partial charge in [-0.05, 0) is 18.1 Å². The number of anilines is 1. The number of fused-ring (bicyclic) bond motifs is 3. The van der Waals surface area contributed by atoms with Crippen molar-refractivity contribution in [2.24, 2.45) is 0 Å². The Labute approximate surface area is 94.8 Å². The molecule has 3 rings (SSSR count). The van der Waals surface area contributed by atoms with E-state index in [2.05, 4.69) is 24.4 Å². The van der Waals surface area contributed by atoms with E-state index in [4.69, 9.17) is 4.74 Å². The first-order chi connectivity index (χ1) is 7.74. The van der Waals surface area contributed by atoms with E-state index in [0.29, 0.717) is 18.6 Å².